The summed E-state index contributed by atoms with van der Waals surface area (Å²) in [6.07, 6.45) is 4.97. The van der Waals surface area contributed by atoms with Gasteiger partial charge in [-0.25, -0.2) is 0 Å². The lowest BCUT2D eigenvalue weighted by atomic mass is 9.79. The van der Waals surface area contributed by atoms with E-state index in [0.29, 0.717) is 5.92 Å². The van der Waals surface area contributed by atoms with Crippen LogP contribution >= 0.6 is 0 Å². The summed E-state index contributed by atoms with van der Waals surface area (Å²) in [6.45, 7) is 8.57. The average Bonchev–Trinajstić information content (AvgIpc) is 2.15. The predicted molar refractivity (Wildman–Crippen MR) is 58.9 cm³/mol. The first kappa shape index (κ1) is 11.3. The lowest BCUT2D eigenvalue weighted by Gasteiger charge is -2.28. The van der Waals surface area contributed by atoms with Crippen LogP contribution in [0, 0.1) is 11.8 Å². The van der Waals surface area contributed by atoms with Crippen LogP contribution < -0.4 is 5.32 Å². The van der Waals surface area contributed by atoms with Crippen LogP contribution in [-0.2, 0) is 4.79 Å². The van der Waals surface area contributed by atoms with Crippen molar-refractivity contribution < 1.29 is 4.79 Å². The van der Waals surface area contributed by atoms with Gasteiger partial charge >= 0.3 is 0 Å². The van der Waals surface area contributed by atoms with Crippen molar-refractivity contribution in [3.05, 3.63) is 12.2 Å². The fourth-order valence-electron chi connectivity index (χ4n) is 2.15. The van der Waals surface area contributed by atoms with Crippen LogP contribution in [-0.4, -0.2) is 12.5 Å². The maximum absolute atomic E-state index is 10.7. The Labute approximate surface area is 86.8 Å². The van der Waals surface area contributed by atoms with Gasteiger partial charge in [-0.1, -0.05) is 12.2 Å². The van der Waals surface area contributed by atoms with E-state index in [1.54, 1.807) is 6.92 Å². The Balaban J connectivity index is 2.22. The van der Waals surface area contributed by atoms with E-state index in [4.69, 9.17) is 0 Å². The molecule has 0 radical (unpaired) electrons. The molecule has 0 bridgehead atoms. The van der Waals surface area contributed by atoms with Gasteiger partial charge in [-0.05, 0) is 44.4 Å². The predicted octanol–water partition coefficient (Wildman–Crippen LogP) is 2.51. The van der Waals surface area contributed by atoms with Crippen LogP contribution in [0.1, 0.15) is 39.5 Å². The van der Waals surface area contributed by atoms with E-state index in [1.807, 2.05) is 0 Å². The first-order valence-corrected chi connectivity index (χ1v) is 5.49. The summed E-state index contributed by atoms with van der Waals surface area (Å²) in [6, 6.07) is 0. The average molecular weight is 195 g/mol. The summed E-state index contributed by atoms with van der Waals surface area (Å²) < 4.78 is 0. The molecule has 0 aromatic heterocycles. The quantitative estimate of drug-likeness (QED) is 0.689. The Morgan fingerprint density at radius 2 is 1.86 bits per heavy atom. The molecule has 0 aromatic rings. The van der Waals surface area contributed by atoms with Gasteiger partial charge in [0, 0.05) is 13.5 Å². The summed E-state index contributed by atoms with van der Waals surface area (Å²) in [5.41, 5.74) is 1.32. The van der Waals surface area contributed by atoms with Crippen molar-refractivity contribution in [1.82, 2.24) is 5.32 Å². The van der Waals surface area contributed by atoms with Gasteiger partial charge in [0.1, 0.15) is 0 Å². The van der Waals surface area contributed by atoms with Gasteiger partial charge in [0.2, 0.25) is 5.91 Å². The van der Waals surface area contributed by atoms with E-state index in [1.165, 1.54) is 31.3 Å². The molecule has 1 aliphatic carbocycles. The summed E-state index contributed by atoms with van der Waals surface area (Å²) in [4.78, 5) is 10.7. The van der Waals surface area contributed by atoms with Crippen LogP contribution in [0.2, 0.25) is 0 Å². The van der Waals surface area contributed by atoms with Crippen molar-refractivity contribution in [2.45, 2.75) is 39.5 Å². The van der Waals surface area contributed by atoms with Crippen molar-refractivity contribution in [1.29, 1.82) is 0 Å². The lowest BCUT2D eigenvalue weighted by Crippen LogP contribution is -2.29. The molecule has 0 spiro atoms. The van der Waals surface area contributed by atoms with Crippen molar-refractivity contribution in [2.75, 3.05) is 6.54 Å². The smallest absolute Gasteiger partial charge is 0.216 e. The van der Waals surface area contributed by atoms with Gasteiger partial charge in [-0.3, -0.25) is 4.79 Å². The zero-order valence-electron chi connectivity index (χ0n) is 9.31. The van der Waals surface area contributed by atoms with Gasteiger partial charge in [-0.2, -0.15) is 0 Å². The standard InChI is InChI=1S/C12H21NO/c1-9(2)12-6-4-11(5-7-12)8-13-10(3)14/h11-12H,1,4-8H2,2-3H3,(H,13,14). The second kappa shape index (κ2) is 5.18. The number of hydrogen-bond acceptors (Lipinski definition) is 1. The minimum absolute atomic E-state index is 0.0898. The Hall–Kier alpha value is -0.790. The summed E-state index contributed by atoms with van der Waals surface area (Å²) in [5.74, 6) is 1.50. The van der Waals surface area contributed by atoms with Gasteiger partial charge in [0.15, 0.2) is 0 Å². The van der Waals surface area contributed by atoms with E-state index >= 15 is 0 Å². The van der Waals surface area contributed by atoms with Gasteiger partial charge < -0.3 is 5.32 Å². The highest BCUT2D eigenvalue weighted by atomic mass is 16.1. The lowest BCUT2D eigenvalue weighted by molar-refractivity contribution is -0.119. The number of nitrogens with one attached hydrogen (secondary N) is 1. The molecular weight excluding hydrogens is 174 g/mol. The van der Waals surface area contributed by atoms with Crippen molar-refractivity contribution >= 4 is 5.91 Å². The molecular formula is C12H21NO. The number of carbonyl (C=O) groups is 1. The SMILES string of the molecule is C=C(C)C1CCC(CNC(C)=O)CC1. The molecule has 0 heterocycles. The molecule has 0 saturated heterocycles. The first-order chi connectivity index (χ1) is 6.59. The topological polar surface area (TPSA) is 29.1 Å². The number of allylic oxidation sites excluding steroid dienone is 1. The Kier molecular flexibility index (Phi) is 4.18. The molecule has 2 heteroatoms. The highest BCUT2D eigenvalue weighted by molar-refractivity contribution is 5.72. The molecule has 1 rings (SSSR count). The zero-order valence-corrected chi connectivity index (χ0v) is 9.31. The summed E-state index contributed by atoms with van der Waals surface area (Å²) in [7, 11) is 0. The number of amides is 1. The Morgan fingerprint density at radius 1 is 1.29 bits per heavy atom. The van der Waals surface area contributed by atoms with Crippen molar-refractivity contribution in [3.8, 4) is 0 Å². The molecule has 1 saturated carbocycles. The molecule has 1 fully saturated rings. The number of hydrogen-bond donors (Lipinski definition) is 1. The van der Waals surface area contributed by atoms with Crippen molar-refractivity contribution in [3.63, 3.8) is 0 Å². The van der Waals surface area contributed by atoms with Gasteiger partial charge in [-0.15, -0.1) is 0 Å². The van der Waals surface area contributed by atoms with E-state index in [0.717, 1.165) is 12.5 Å². The fourth-order valence-corrected chi connectivity index (χ4v) is 2.15. The molecule has 0 unspecified atom stereocenters. The molecule has 0 aromatic carbocycles. The van der Waals surface area contributed by atoms with E-state index < -0.39 is 0 Å². The molecule has 0 atom stereocenters. The minimum atomic E-state index is 0.0898. The monoisotopic (exact) mass is 195 g/mol. The van der Waals surface area contributed by atoms with E-state index in [-0.39, 0.29) is 5.91 Å². The second-order valence-corrected chi connectivity index (χ2v) is 4.50. The molecule has 1 amide bonds. The molecule has 80 valence electrons. The third-order valence-corrected chi connectivity index (χ3v) is 3.18. The molecule has 14 heavy (non-hydrogen) atoms. The zero-order chi connectivity index (χ0) is 10.6. The van der Waals surface area contributed by atoms with Crippen LogP contribution in [0.25, 0.3) is 0 Å². The third-order valence-electron chi connectivity index (χ3n) is 3.18. The number of rotatable bonds is 3. The highest BCUT2D eigenvalue weighted by Crippen LogP contribution is 2.31. The molecule has 0 aliphatic heterocycles. The van der Waals surface area contributed by atoms with Gasteiger partial charge in [0.05, 0.1) is 0 Å². The highest BCUT2D eigenvalue weighted by Gasteiger charge is 2.21. The Morgan fingerprint density at radius 3 is 2.29 bits per heavy atom. The summed E-state index contributed by atoms with van der Waals surface area (Å²) in [5, 5.41) is 2.90. The third kappa shape index (κ3) is 3.52. The van der Waals surface area contributed by atoms with Crippen LogP contribution in [0.4, 0.5) is 0 Å². The fraction of sp³-hybridized carbons (Fsp3) is 0.750. The van der Waals surface area contributed by atoms with Crippen LogP contribution in [0.15, 0.2) is 12.2 Å². The minimum Gasteiger partial charge on any atom is -0.356 e. The van der Waals surface area contributed by atoms with Gasteiger partial charge in [0.25, 0.3) is 0 Å². The second-order valence-electron chi connectivity index (χ2n) is 4.50. The Bertz CT molecular complexity index is 214. The normalized spacial score (nSPS) is 27.0. The largest absolute Gasteiger partial charge is 0.356 e. The molecule has 2 nitrogen and oxygen atoms in total. The maximum atomic E-state index is 10.7. The molecule has 1 aliphatic rings. The van der Waals surface area contributed by atoms with Crippen LogP contribution in [0.5, 0.6) is 0 Å². The summed E-state index contributed by atoms with van der Waals surface area (Å²) >= 11 is 0. The number of carbonyl (C=O) groups excluding carboxylic acids is 1. The molecule has 1 N–H and O–H groups in total. The maximum Gasteiger partial charge on any atom is 0.216 e. The van der Waals surface area contributed by atoms with Crippen molar-refractivity contribution in [2.24, 2.45) is 11.8 Å². The van der Waals surface area contributed by atoms with E-state index in [9.17, 15) is 4.79 Å². The van der Waals surface area contributed by atoms with Crippen LogP contribution in [0.3, 0.4) is 0 Å². The first-order valence-electron chi connectivity index (χ1n) is 5.49. The van der Waals surface area contributed by atoms with E-state index in [2.05, 4.69) is 18.8 Å².